The lowest BCUT2D eigenvalue weighted by molar-refractivity contribution is -0.134. The fourth-order valence-electron chi connectivity index (χ4n) is 3.14. The molecule has 1 amide bonds. The van der Waals surface area contributed by atoms with E-state index >= 15 is 0 Å². The number of nitrogens with one attached hydrogen (secondary N) is 2. The van der Waals surface area contributed by atoms with Crippen LogP contribution < -0.4 is 10.6 Å². The first-order valence-electron chi connectivity index (χ1n) is 9.08. The van der Waals surface area contributed by atoms with Gasteiger partial charge in [-0.25, -0.2) is 4.39 Å². The SMILES string of the molecule is CN=C(NCCC(=O)N1CCCCC1C)NCCc1cccc(F)c1.I. The maximum Gasteiger partial charge on any atom is 0.224 e. The Morgan fingerprint density at radius 1 is 1.31 bits per heavy atom. The van der Waals surface area contributed by atoms with E-state index in [1.165, 1.54) is 18.6 Å². The van der Waals surface area contributed by atoms with Crippen LogP contribution >= 0.6 is 24.0 Å². The monoisotopic (exact) mass is 476 g/mol. The van der Waals surface area contributed by atoms with Crippen LogP contribution in [0.3, 0.4) is 0 Å². The Morgan fingerprint density at radius 2 is 2.08 bits per heavy atom. The van der Waals surface area contributed by atoms with Crippen LogP contribution in [0.2, 0.25) is 0 Å². The zero-order valence-electron chi connectivity index (χ0n) is 15.6. The van der Waals surface area contributed by atoms with Gasteiger partial charge < -0.3 is 15.5 Å². The summed E-state index contributed by atoms with van der Waals surface area (Å²) in [6.45, 7) is 4.21. The molecule has 1 fully saturated rings. The molecule has 5 nitrogen and oxygen atoms in total. The van der Waals surface area contributed by atoms with Gasteiger partial charge in [-0.15, -0.1) is 24.0 Å². The fraction of sp³-hybridized carbons (Fsp3) is 0.579. The summed E-state index contributed by atoms with van der Waals surface area (Å²) in [6.07, 6.45) is 4.60. The van der Waals surface area contributed by atoms with Gasteiger partial charge in [-0.2, -0.15) is 0 Å². The normalized spacial score (nSPS) is 17.4. The number of guanidine groups is 1. The van der Waals surface area contributed by atoms with Gasteiger partial charge in [-0.3, -0.25) is 9.79 Å². The van der Waals surface area contributed by atoms with Crippen molar-refractivity contribution in [2.24, 2.45) is 4.99 Å². The summed E-state index contributed by atoms with van der Waals surface area (Å²) in [7, 11) is 1.70. The van der Waals surface area contributed by atoms with Crippen LogP contribution in [-0.4, -0.2) is 49.5 Å². The molecule has 1 saturated heterocycles. The number of rotatable bonds is 6. The summed E-state index contributed by atoms with van der Waals surface area (Å²) in [4.78, 5) is 18.4. The minimum absolute atomic E-state index is 0. The molecule has 26 heavy (non-hydrogen) atoms. The van der Waals surface area contributed by atoms with Crippen molar-refractivity contribution in [3.05, 3.63) is 35.6 Å². The number of carbonyl (C=O) groups excluding carboxylic acids is 1. The van der Waals surface area contributed by atoms with Crippen molar-refractivity contribution < 1.29 is 9.18 Å². The van der Waals surface area contributed by atoms with Crippen molar-refractivity contribution in [1.29, 1.82) is 0 Å². The molecule has 0 saturated carbocycles. The number of aliphatic imine (C=N–C) groups is 1. The van der Waals surface area contributed by atoms with E-state index in [4.69, 9.17) is 0 Å². The lowest BCUT2D eigenvalue weighted by Crippen LogP contribution is -2.44. The second-order valence-electron chi connectivity index (χ2n) is 6.49. The third-order valence-electron chi connectivity index (χ3n) is 4.57. The molecule has 1 unspecified atom stereocenters. The molecule has 2 rings (SSSR count). The fourth-order valence-corrected chi connectivity index (χ4v) is 3.14. The van der Waals surface area contributed by atoms with Crippen molar-refractivity contribution in [2.75, 3.05) is 26.7 Å². The van der Waals surface area contributed by atoms with Crippen molar-refractivity contribution in [3.8, 4) is 0 Å². The van der Waals surface area contributed by atoms with Crippen LogP contribution in [-0.2, 0) is 11.2 Å². The first-order chi connectivity index (χ1) is 12.1. The molecule has 1 aromatic rings. The number of hydrogen-bond donors (Lipinski definition) is 2. The van der Waals surface area contributed by atoms with Gasteiger partial charge in [0.15, 0.2) is 5.96 Å². The predicted octanol–water partition coefficient (Wildman–Crippen LogP) is 2.94. The average molecular weight is 476 g/mol. The van der Waals surface area contributed by atoms with Crippen LogP contribution in [0.25, 0.3) is 0 Å². The number of halogens is 2. The van der Waals surface area contributed by atoms with Gasteiger partial charge in [0.1, 0.15) is 5.82 Å². The molecule has 1 atom stereocenters. The van der Waals surface area contributed by atoms with E-state index in [0.29, 0.717) is 37.9 Å². The van der Waals surface area contributed by atoms with Crippen LogP contribution in [0, 0.1) is 5.82 Å². The van der Waals surface area contributed by atoms with E-state index in [-0.39, 0.29) is 35.7 Å². The standard InChI is InChI=1S/C19H29FN4O.HI/c1-15-6-3-4-13-24(15)18(25)10-12-23-19(21-2)22-11-9-16-7-5-8-17(20)14-16;/h5,7-8,14-15H,3-4,6,9-13H2,1-2H3,(H2,21,22,23);1H. The van der Waals surface area contributed by atoms with Crippen molar-refractivity contribution >= 4 is 35.8 Å². The maximum absolute atomic E-state index is 13.2. The van der Waals surface area contributed by atoms with Crippen molar-refractivity contribution in [3.63, 3.8) is 0 Å². The molecule has 1 heterocycles. The zero-order valence-corrected chi connectivity index (χ0v) is 18.0. The van der Waals surface area contributed by atoms with Crippen molar-refractivity contribution in [1.82, 2.24) is 15.5 Å². The third-order valence-corrected chi connectivity index (χ3v) is 4.57. The Balaban J connectivity index is 0.00000338. The molecule has 1 aromatic carbocycles. The molecule has 7 heteroatoms. The highest BCUT2D eigenvalue weighted by Gasteiger charge is 2.22. The highest BCUT2D eigenvalue weighted by atomic mass is 127. The summed E-state index contributed by atoms with van der Waals surface area (Å²) in [5.74, 6) is 0.649. The lowest BCUT2D eigenvalue weighted by atomic mass is 10.0. The molecule has 0 aliphatic carbocycles. The quantitative estimate of drug-likeness (QED) is 0.377. The van der Waals surface area contributed by atoms with Gasteiger partial charge in [-0.05, 0) is 50.3 Å². The summed E-state index contributed by atoms with van der Waals surface area (Å²) in [6, 6.07) is 6.95. The number of carbonyl (C=O) groups is 1. The number of amides is 1. The van der Waals surface area contributed by atoms with Gasteiger partial charge in [0.25, 0.3) is 0 Å². The van der Waals surface area contributed by atoms with Gasteiger partial charge in [0.05, 0.1) is 0 Å². The largest absolute Gasteiger partial charge is 0.356 e. The second kappa shape index (κ2) is 12.1. The minimum Gasteiger partial charge on any atom is -0.356 e. The molecule has 2 N–H and O–H groups in total. The second-order valence-corrected chi connectivity index (χ2v) is 6.49. The number of piperidine rings is 1. The van der Waals surface area contributed by atoms with E-state index in [1.54, 1.807) is 13.1 Å². The molecule has 0 spiro atoms. The van der Waals surface area contributed by atoms with E-state index < -0.39 is 0 Å². The summed E-state index contributed by atoms with van der Waals surface area (Å²) < 4.78 is 13.2. The van der Waals surface area contributed by atoms with E-state index in [0.717, 1.165) is 24.9 Å². The van der Waals surface area contributed by atoms with Crippen LogP contribution in [0.5, 0.6) is 0 Å². The molecule has 1 aliphatic heterocycles. The number of benzene rings is 1. The Morgan fingerprint density at radius 3 is 2.77 bits per heavy atom. The molecule has 0 bridgehead atoms. The predicted molar refractivity (Wildman–Crippen MR) is 115 cm³/mol. The van der Waals surface area contributed by atoms with E-state index in [2.05, 4.69) is 22.5 Å². The lowest BCUT2D eigenvalue weighted by Gasteiger charge is -2.33. The summed E-state index contributed by atoms with van der Waals surface area (Å²) in [5, 5.41) is 6.36. The molecular weight excluding hydrogens is 446 g/mol. The number of likely N-dealkylation sites (tertiary alicyclic amines) is 1. The van der Waals surface area contributed by atoms with Crippen molar-refractivity contribution in [2.45, 2.75) is 45.1 Å². The minimum atomic E-state index is -0.217. The Labute approximate surface area is 172 Å². The van der Waals surface area contributed by atoms with Crippen LogP contribution in [0.1, 0.15) is 38.2 Å². The van der Waals surface area contributed by atoms with E-state index in [1.807, 2.05) is 11.0 Å². The Hall–Kier alpha value is -1.38. The average Bonchev–Trinajstić information content (AvgIpc) is 2.60. The molecular formula is C19H30FIN4O. The highest BCUT2D eigenvalue weighted by Crippen LogP contribution is 2.16. The highest BCUT2D eigenvalue weighted by molar-refractivity contribution is 14.0. The first kappa shape index (κ1) is 22.7. The smallest absolute Gasteiger partial charge is 0.224 e. The third kappa shape index (κ3) is 7.47. The Kier molecular flexibility index (Phi) is 10.5. The van der Waals surface area contributed by atoms with Gasteiger partial charge >= 0.3 is 0 Å². The topological polar surface area (TPSA) is 56.7 Å². The molecule has 146 valence electrons. The van der Waals surface area contributed by atoms with Crippen LogP contribution in [0.4, 0.5) is 4.39 Å². The zero-order chi connectivity index (χ0) is 18.1. The van der Waals surface area contributed by atoms with E-state index in [9.17, 15) is 9.18 Å². The van der Waals surface area contributed by atoms with Gasteiger partial charge in [-0.1, -0.05) is 12.1 Å². The molecule has 0 radical (unpaired) electrons. The molecule has 0 aromatic heterocycles. The van der Waals surface area contributed by atoms with Gasteiger partial charge in [0, 0.05) is 39.1 Å². The van der Waals surface area contributed by atoms with Gasteiger partial charge in [0.2, 0.25) is 5.91 Å². The summed E-state index contributed by atoms with van der Waals surface area (Å²) >= 11 is 0. The number of nitrogens with zero attached hydrogens (tertiary/aromatic N) is 2. The number of hydrogen-bond acceptors (Lipinski definition) is 2. The molecule has 1 aliphatic rings. The Bertz CT molecular complexity index is 597. The first-order valence-corrected chi connectivity index (χ1v) is 9.08. The maximum atomic E-state index is 13.2. The van der Waals surface area contributed by atoms with Crippen LogP contribution in [0.15, 0.2) is 29.3 Å². The summed E-state index contributed by atoms with van der Waals surface area (Å²) in [5.41, 5.74) is 0.942.